The molecule has 1 N–H and O–H groups in total. The number of halogens is 1. The average Bonchev–Trinajstić information content (AvgIpc) is 2.78. The molecule has 0 aliphatic carbocycles. The summed E-state index contributed by atoms with van der Waals surface area (Å²) in [5.74, 6) is 0.0269. The van der Waals surface area contributed by atoms with Gasteiger partial charge in [-0.15, -0.1) is 0 Å². The number of nitrogens with zero attached hydrogens (tertiary/aromatic N) is 1. The van der Waals surface area contributed by atoms with Crippen LogP contribution < -0.4 is 0 Å². The van der Waals surface area contributed by atoms with Crippen molar-refractivity contribution in [3.63, 3.8) is 0 Å². The molecule has 1 saturated heterocycles. The van der Waals surface area contributed by atoms with Gasteiger partial charge in [-0.1, -0.05) is 6.07 Å². The second-order valence-corrected chi connectivity index (χ2v) is 7.85. The molecule has 1 aromatic rings. The third-order valence-electron chi connectivity index (χ3n) is 3.57. The lowest BCUT2D eigenvalue weighted by Crippen LogP contribution is -2.30. The first kappa shape index (κ1) is 15.0. The van der Waals surface area contributed by atoms with Gasteiger partial charge in [-0.05, 0) is 59.8 Å². The van der Waals surface area contributed by atoms with Crippen molar-refractivity contribution in [2.75, 3.05) is 13.1 Å². The Bertz CT molecular complexity index is 571. The molecule has 106 valence electrons. The maximum atomic E-state index is 12.5. The molecule has 0 amide bonds. The molecule has 1 aliphatic heterocycles. The molecule has 0 saturated carbocycles. The summed E-state index contributed by atoms with van der Waals surface area (Å²) in [5, 5.41) is 9.57. The van der Waals surface area contributed by atoms with Crippen molar-refractivity contribution >= 4 is 26.0 Å². The number of aliphatic hydroxyl groups excluding tert-OH is 1. The zero-order valence-electron chi connectivity index (χ0n) is 11.0. The Labute approximate surface area is 122 Å². The second kappa shape index (κ2) is 5.52. The third kappa shape index (κ3) is 3.02. The normalized spacial score (nSPS) is 22.6. The Kier molecular flexibility index (Phi) is 4.35. The van der Waals surface area contributed by atoms with E-state index in [2.05, 4.69) is 15.9 Å². The largest absolute Gasteiger partial charge is 0.393 e. The minimum Gasteiger partial charge on any atom is -0.393 e. The number of benzene rings is 1. The highest BCUT2D eigenvalue weighted by Crippen LogP contribution is 2.30. The Morgan fingerprint density at radius 2 is 2.16 bits per heavy atom. The summed E-state index contributed by atoms with van der Waals surface area (Å²) >= 11 is 3.32. The summed E-state index contributed by atoms with van der Waals surface area (Å²) < 4.78 is 27.1. The molecule has 4 nitrogen and oxygen atoms in total. The van der Waals surface area contributed by atoms with Crippen LogP contribution in [0.4, 0.5) is 0 Å². The van der Waals surface area contributed by atoms with Gasteiger partial charge < -0.3 is 5.11 Å². The summed E-state index contributed by atoms with van der Waals surface area (Å²) in [4.78, 5) is 0.296. The van der Waals surface area contributed by atoms with Crippen molar-refractivity contribution in [2.45, 2.75) is 31.3 Å². The van der Waals surface area contributed by atoms with Gasteiger partial charge in [0.1, 0.15) is 0 Å². The fourth-order valence-corrected chi connectivity index (χ4v) is 4.98. The lowest BCUT2D eigenvalue weighted by atomic mass is 10.0. The SMILES string of the molecule is Cc1ccc(S(=O)(=O)N2CCC(C(C)O)C2)c(Br)c1. The van der Waals surface area contributed by atoms with Gasteiger partial charge in [0, 0.05) is 17.6 Å². The lowest BCUT2D eigenvalue weighted by Gasteiger charge is -2.18. The lowest BCUT2D eigenvalue weighted by molar-refractivity contribution is 0.133. The first-order valence-electron chi connectivity index (χ1n) is 6.26. The molecule has 6 heteroatoms. The summed E-state index contributed by atoms with van der Waals surface area (Å²) in [6, 6.07) is 5.22. The van der Waals surface area contributed by atoms with Crippen molar-refractivity contribution in [3.8, 4) is 0 Å². The molecule has 1 fully saturated rings. The van der Waals surface area contributed by atoms with Crippen molar-refractivity contribution in [3.05, 3.63) is 28.2 Å². The smallest absolute Gasteiger partial charge is 0.244 e. The zero-order chi connectivity index (χ0) is 14.2. The molecule has 2 atom stereocenters. The van der Waals surface area contributed by atoms with Crippen molar-refractivity contribution in [2.24, 2.45) is 5.92 Å². The van der Waals surface area contributed by atoms with E-state index in [0.717, 1.165) is 5.56 Å². The van der Waals surface area contributed by atoms with Gasteiger partial charge in [0.05, 0.1) is 11.0 Å². The molecule has 19 heavy (non-hydrogen) atoms. The van der Waals surface area contributed by atoms with Gasteiger partial charge >= 0.3 is 0 Å². The van der Waals surface area contributed by atoms with Crippen LogP contribution in [-0.4, -0.2) is 37.0 Å². The van der Waals surface area contributed by atoms with Crippen molar-refractivity contribution in [1.29, 1.82) is 0 Å². The molecular weight excluding hydrogens is 330 g/mol. The van der Waals surface area contributed by atoms with Crippen LogP contribution in [-0.2, 0) is 10.0 Å². The first-order valence-corrected chi connectivity index (χ1v) is 8.50. The average molecular weight is 348 g/mol. The Morgan fingerprint density at radius 1 is 1.47 bits per heavy atom. The van der Waals surface area contributed by atoms with Gasteiger partial charge in [-0.3, -0.25) is 0 Å². The standard InChI is InChI=1S/C13H18BrNO3S/c1-9-3-4-13(12(14)7-9)19(17,18)15-6-5-11(8-15)10(2)16/h3-4,7,10-11,16H,5-6,8H2,1-2H3. The number of rotatable bonds is 3. The van der Waals surface area contributed by atoms with Crippen LogP contribution in [0, 0.1) is 12.8 Å². The van der Waals surface area contributed by atoms with Crippen LogP contribution in [0.15, 0.2) is 27.6 Å². The van der Waals surface area contributed by atoms with Gasteiger partial charge in [0.25, 0.3) is 0 Å². The monoisotopic (exact) mass is 347 g/mol. The van der Waals surface area contributed by atoms with Gasteiger partial charge in [0.2, 0.25) is 10.0 Å². The van der Waals surface area contributed by atoms with E-state index >= 15 is 0 Å². The number of sulfonamides is 1. The summed E-state index contributed by atoms with van der Waals surface area (Å²) in [5.41, 5.74) is 1.01. The number of aryl methyl sites for hydroxylation is 1. The molecule has 1 aliphatic rings. The Hall–Kier alpha value is -0.430. The first-order chi connectivity index (χ1) is 8.82. The maximum Gasteiger partial charge on any atom is 0.244 e. The summed E-state index contributed by atoms with van der Waals surface area (Å²) in [6.07, 6.45) is 0.238. The van der Waals surface area contributed by atoms with Crippen LogP contribution >= 0.6 is 15.9 Å². The molecule has 2 rings (SSSR count). The Morgan fingerprint density at radius 3 is 2.68 bits per heavy atom. The van der Waals surface area contributed by atoms with E-state index in [1.165, 1.54) is 4.31 Å². The highest BCUT2D eigenvalue weighted by atomic mass is 79.9. The minimum absolute atomic E-state index is 0.0269. The fourth-order valence-electron chi connectivity index (χ4n) is 2.32. The molecule has 1 aromatic carbocycles. The molecule has 0 bridgehead atoms. The summed E-state index contributed by atoms with van der Waals surface area (Å²) in [7, 11) is -3.48. The van der Waals surface area contributed by atoms with Crippen LogP contribution in [0.5, 0.6) is 0 Å². The van der Waals surface area contributed by atoms with Gasteiger partial charge in [-0.2, -0.15) is 4.31 Å². The van der Waals surface area contributed by atoms with E-state index in [9.17, 15) is 13.5 Å². The highest BCUT2D eigenvalue weighted by Gasteiger charge is 2.35. The predicted molar refractivity (Wildman–Crippen MR) is 77.4 cm³/mol. The van der Waals surface area contributed by atoms with Crippen LogP contribution in [0.1, 0.15) is 18.9 Å². The molecule has 0 aromatic heterocycles. The van der Waals surface area contributed by atoms with Crippen LogP contribution in [0.3, 0.4) is 0 Å². The van der Waals surface area contributed by atoms with E-state index in [0.29, 0.717) is 28.9 Å². The quantitative estimate of drug-likeness (QED) is 0.911. The number of aliphatic hydroxyl groups is 1. The molecule has 1 heterocycles. The molecular formula is C13H18BrNO3S. The Balaban J connectivity index is 2.29. The second-order valence-electron chi connectivity index (χ2n) is 5.09. The van der Waals surface area contributed by atoms with Crippen LogP contribution in [0.2, 0.25) is 0 Å². The van der Waals surface area contributed by atoms with Gasteiger partial charge in [-0.25, -0.2) is 8.42 Å². The van der Waals surface area contributed by atoms with E-state index < -0.39 is 16.1 Å². The fraction of sp³-hybridized carbons (Fsp3) is 0.538. The maximum absolute atomic E-state index is 12.5. The van der Waals surface area contributed by atoms with E-state index in [1.807, 2.05) is 6.92 Å². The van der Waals surface area contributed by atoms with E-state index in [1.54, 1.807) is 25.1 Å². The zero-order valence-corrected chi connectivity index (χ0v) is 13.4. The topological polar surface area (TPSA) is 57.6 Å². The van der Waals surface area contributed by atoms with Gasteiger partial charge in [0.15, 0.2) is 0 Å². The predicted octanol–water partition coefficient (Wildman–Crippen LogP) is 2.15. The van der Waals surface area contributed by atoms with E-state index in [4.69, 9.17) is 0 Å². The molecule has 2 unspecified atom stereocenters. The molecule has 0 radical (unpaired) electrons. The van der Waals surface area contributed by atoms with Crippen LogP contribution in [0.25, 0.3) is 0 Å². The highest BCUT2D eigenvalue weighted by molar-refractivity contribution is 9.10. The number of hydrogen-bond acceptors (Lipinski definition) is 3. The summed E-state index contributed by atoms with van der Waals surface area (Å²) in [6.45, 7) is 4.49. The molecule has 0 spiro atoms. The minimum atomic E-state index is -3.48. The van der Waals surface area contributed by atoms with E-state index in [-0.39, 0.29) is 5.92 Å². The van der Waals surface area contributed by atoms with Crippen molar-refractivity contribution in [1.82, 2.24) is 4.31 Å². The van der Waals surface area contributed by atoms with Crippen molar-refractivity contribution < 1.29 is 13.5 Å². The number of hydrogen-bond donors (Lipinski definition) is 1. The third-order valence-corrected chi connectivity index (χ3v) is 6.42.